The molecule has 0 aliphatic heterocycles. The van der Waals surface area contributed by atoms with Gasteiger partial charge in [-0.3, -0.25) is 0 Å². The first kappa shape index (κ1) is 13.0. The molecule has 1 nitrogen and oxygen atoms in total. The zero-order chi connectivity index (χ0) is 12.9. The molecule has 4 aliphatic rings. The number of nitrogens with two attached hydrogens (primary N) is 1. The fraction of sp³-hybridized carbons (Fsp3) is 1.00. The molecule has 1 atom stereocenters. The smallest absolute Gasteiger partial charge is 0.00726 e. The van der Waals surface area contributed by atoms with E-state index >= 15 is 0 Å². The Morgan fingerprint density at radius 1 is 0.944 bits per heavy atom. The molecule has 1 unspecified atom stereocenters. The molecule has 0 radical (unpaired) electrons. The predicted molar refractivity (Wildman–Crippen MR) is 77.2 cm³/mol. The third kappa shape index (κ3) is 2.48. The first-order valence-electron chi connectivity index (χ1n) is 8.18. The van der Waals surface area contributed by atoms with Crippen molar-refractivity contribution < 1.29 is 0 Å². The second kappa shape index (κ2) is 4.51. The summed E-state index contributed by atoms with van der Waals surface area (Å²) in [5.74, 6) is 5.03. The molecule has 4 bridgehead atoms. The Hall–Kier alpha value is -0.0400. The lowest BCUT2D eigenvalue weighted by Crippen LogP contribution is -2.51. The Morgan fingerprint density at radius 3 is 1.89 bits per heavy atom. The van der Waals surface area contributed by atoms with Gasteiger partial charge >= 0.3 is 0 Å². The maximum absolute atomic E-state index is 6.61. The highest BCUT2D eigenvalue weighted by Gasteiger charge is 2.49. The largest absolute Gasteiger partial charge is 0.327 e. The van der Waals surface area contributed by atoms with E-state index in [1.807, 2.05) is 0 Å². The van der Waals surface area contributed by atoms with Gasteiger partial charge < -0.3 is 5.73 Å². The maximum Gasteiger partial charge on any atom is 0.00726 e. The molecule has 0 amide bonds. The highest BCUT2D eigenvalue weighted by Crippen LogP contribution is 2.57. The van der Waals surface area contributed by atoms with Gasteiger partial charge in [-0.1, -0.05) is 20.8 Å². The van der Waals surface area contributed by atoms with Crippen LogP contribution in [0.15, 0.2) is 0 Å². The molecule has 0 heterocycles. The molecule has 0 saturated heterocycles. The molecular weight excluding hydrogens is 218 g/mol. The summed E-state index contributed by atoms with van der Waals surface area (Å²) in [6.07, 6.45) is 10.1. The Balaban J connectivity index is 1.62. The van der Waals surface area contributed by atoms with E-state index in [1.165, 1.54) is 38.5 Å². The molecule has 4 saturated carbocycles. The summed E-state index contributed by atoms with van der Waals surface area (Å²) >= 11 is 0. The van der Waals surface area contributed by atoms with Crippen LogP contribution in [0, 0.1) is 35.0 Å². The van der Waals surface area contributed by atoms with E-state index in [0.29, 0.717) is 11.5 Å². The standard InChI is InChI=1S/C17H31N/c1-17(2,3)5-4-15(18)16-13-7-11-6-12(9-13)10-14(16)8-11/h11-16H,4-10,18H2,1-3H3. The van der Waals surface area contributed by atoms with Crippen LogP contribution in [0.3, 0.4) is 0 Å². The van der Waals surface area contributed by atoms with Crippen molar-refractivity contribution in [3.8, 4) is 0 Å². The van der Waals surface area contributed by atoms with Gasteiger partial charge in [0.25, 0.3) is 0 Å². The lowest BCUT2D eigenvalue weighted by molar-refractivity contribution is -0.0485. The van der Waals surface area contributed by atoms with Crippen LogP contribution >= 0.6 is 0 Å². The maximum atomic E-state index is 6.61. The number of hydrogen-bond acceptors (Lipinski definition) is 1. The summed E-state index contributed by atoms with van der Waals surface area (Å²) < 4.78 is 0. The van der Waals surface area contributed by atoms with Gasteiger partial charge in [-0.25, -0.2) is 0 Å². The van der Waals surface area contributed by atoms with Crippen LogP contribution in [-0.4, -0.2) is 6.04 Å². The van der Waals surface area contributed by atoms with E-state index in [4.69, 9.17) is 5.73 Å². The lowest BCUT2D eigenvalue weighted by atomic mass is 9.50. The zero-order valence-electron chi connectivity index (χ0n) is 12.5. The van der Waals surface area contributed by atoms with Crippen molar-refractivity contribution in [2.24, 2.45) is 40.7 Å². The van der Waals surface area contributed by atoms with Crippen LogP contribution in [0.25, 0.3) is 0 Å². The van der Waals surface area contributed by atoms with Crippen molar-refractivity contribution in [3.05, 3.63) is 0 Å². The Morgan fingerprint density at radius 2 is 1.44 bits per heavy atom. The molecule has 4 rings (SSSR count). The fourth-order valence-corrected chi connectivity index (χ4v) is 5.46. The number of rotatable bonds is 3. The van der Waals surface area contributed by atoms with Crippen LogP contribution in [0.4, 0.5) is 0 Å². The summed E-state index contributed by atoms with van der Waals surface area (Å²) in [5, 5.41) is 0. The quantitative estimate of drug-likeness (QED) is 0.796. The Bertz CT molecular complexity index is 273. The summed E-state index contributed by atoms with van der Waals surface area (Å²) in [5.41, 5.74) is 7.05. The zero-order valence-corrected chi connectivity index (χ0v) is 12.5. The number of hydrogen-bond donors (Lipinski definition) is 1. The minimum Gasteiger partial charge on any atom is -0.327 e. The van der Waals surface area contributed by atoms with Crippen molar-refractivity contribution >= 4 is 0 Å². The van der Waals surface area contributed by atoms with E-state index in [1.54, 1.807) is 6.42 Å². The molecule has 18 heavy (non-hydrogen) atoms. The van der Waals surface area contributed by atoms with Crippen molar-refractivity contribution in [1.82, 2.24) is 0 Å². The average molecular weight is 249 g/mol. The third-order valence-corrected chi connectivity index (χ3v) is 6.02. The van der Waals surface area contributed by atoms with E-state index < -0.39 is 0 Å². The molecule has 1 heteroatoms. The van der Waals surface area contributed by atoms with Gasteiger partial charge in [-0.15, -0.1) is 0 Å². The molecule has 0 aromatic carbocycles. The van der Waals surface area contributed by atoms with E-state index in [2.05, 4.69) is 20.8 Å². The summed E-state index contributed by atoms with van der Waals surface area (Å²) in [7, 11) is 0. The molecule has 0 aromatic rings. The van der Waals surface area contributed by atoms with Gasteiger partial charge in [0.1, 0.15) is 0 Å². The van der Waals surface area contributed by atoms with Crippen LogP contribution in [0.1, 0.15) is 65.7 Å². The van der Waals surface area contributed by atoms with Gasteiger partial charge in [0.05, 0.1) is 0 Å². The topological polar surface area (TPSA) is 26.0 Å². The minimum atomic E-state index is 0.448. The van der Waals surface area contributed by atoms with Crippen molar-refractivity contribution in [3.63, 3.8) is 0 Å². The van der Waals surface area contributed by atoms with Crippen LogP contribution in [0.2, 0.25) is 0 Å². The van der Waals surface area contributed by atoms with Crippen molar-refractivity contribution in [2.75, 3.05) is 0 Å². The van der Waals surface area contributed by atoms with Gasteiger partial charge in [0.2, 0.25) is 0 Å². The summed E-state index contributed by atoms with van der Waals surface area (Å²) in [4.78, 5) is 0. The van der Waals surface area contributed by atoms with E-state index in [9.17, 15) is 0 Å². The first-order chi connectivity index (χ1) is 8.42. The van der Waals surface area contributed by atoms with Gasteiger partial charge in [-0.2, -0.15) is 0 Å². The molecule has 4 fully saturated rings. The lowest BCUT2D eigenvalue weighted by Gasteiger charge is -2.56. The molecule has 104 valence electrons. The van der Waals surface area contributed by atoms with Crippen LogP contribution in [-0.2, 0) is 0 Å². The van der Waals surface area contributed by atoms with Gasteiger partial charge in [0.15, 0.2) is 0 Å². The predicted octanol–water partition coefficient (Wildman–Crippen LogP) is 4.21. The monoisotopic (exact) mass is 249 g/mol. The van der Waals surface area contributed by atoms with Crippen LogP contribution < -0.4 is 5.73 Å². The molecule has 0 aromatic heterocycles. The summed E-state index contributed by atoms with van der Waals surface area (Å²) in [6.45, 7) is 7.03. The molecule has 2 N–H and O–H groups in total. The molecule has 4 aliphatic carbocycles. The van der Waals surface area contributed by atoms with E-state index in [-0.39, 0.29) is 0 Å². The normalized spacial score (nSPS) is 44.3. The first-order valence-corrected chi connectivity index (χ1v) is 8.18. The Kier molecular flexibility index (Phi) is 3.25. The highest BCUT2D eigenvalue weighted by atomic mass is 14.7. The third-order valence-electron chi connectivity index (χ3n) is 6.02. The molecule has 0 spiro atoms. The molecular formula is C17H31N. The van der Waals surface area contributed by atoms with Crippen molar-refractivity contribution in [1.29, 1.82) is 0 Å². The summed E-state index contributed by atoms with van der Waals surface area (Å²) in [6, 6.07) is 0.485. The van der Waals surface area contributed by atoms with Gasteiger partial charge in [-0.05, 0) is 80.0 Å². The van der Waals surface area contributed by atoms with E-state index in [0.717, 1.165) is 29.6 Å². The fourth-order valence-electron chi connectivity index (χ4n) is 5.46. The SMILES string of the molecule is CC(C)(C)CCC(N)C1C2CC3CC(C2)CC1C3. The second-order valence-corrected chi connectivity index (χ2v) is 8.77. The highest BCUT2D eigenvalue weighted by molar-refractivity contribution is 5.01. The Labute approximate surface area is 113 Å². The van der Waals surface area contributed by atoms with Crippen LogP contribution in [0.5, 0.6) is 0 Å². The second-order valence-electron chi connectivity index (χ2n) is 8.77. The average Bonchev–Trinajstić information content (AvgIpc) is 2.23. The van der Waals surface area contributed by atoms with Gasteiger partial charge in [0, 0.05) is 6.04 Å². The minimum absolute atomic E-state index is 0.448. The van der Waals surface area contributed by atoms with Crippen molar-refractivity contribution in [2.45, 2.75) is 71.8 Å².